The molecule has 0 radical (unpaired) electrons. The normalized spacial score (nSPS) is 0. The molecule has 0 spiro atoms. The van der Waals surface area contributed by atoms with Gasteiger partial charge in [0.2, 0.25) is 0 Å². The van der Waals surface area contributed by atoms with E-state index in [9.17, 15) is 0 Å². The predicted octanol–water partition coefficient (Wildman–Crippen LogP) is -0.767. The van der Waals surface area contributed by atoms with Crippen LogP contribution < -0.4 is 0 Å². The maximum Gasteiger partial charge on any atom is 0.187 e. The van der Waals surface area contributed by atoms with Crippen LogP contribution in [0.5, 0.6) is 0 Å². The number of rotatable bonds is 0. The van der Waals surface area contributed by atoms with Gasteiger partial charge in [-0.1, -0.05) is 0 Å². The van der Waals surface area contributed by atoms with Gasteiger partial charge in [-0.2, -0.15) is 0 Å². The molecule has 0 fully saturated rings. The molecule has 0 saturated heterocycles. The summed E-state index contributed by atoms with van der Waals surface area (Å²) in [4.78, 5) is 0. The summed E-state index contributed by atoms with van der Waals surface area (Å²) in [6, 6.07) is 0. The molecule has 0 N–H and O–H groups in total. The minimum Gasteiger partial charge on any atom is -0.147 e. The average Bonchev–Trinajstić information content (AvgIpc) is 0. The van der Waals surface area contributed by atoms with E-state index in [-0.39, 0.29) is 63.9 Å². The Morgan fingerprint density at radius 1 is 0.750 bits per heavy atom. The Morgan fingerprint density at radius 2 is 0.750 bits per heavy atom. The zero-order valence-corrected chi connectivity index (χ0v) is 4.14. The van der Waals surface area contributed by atoms with Crippen LogP contribution >= 0.6 is 12.4 Å². The summed E-state index contributed by atoms with van der Waals surface area (Å²) in [5.74, 6) is 0. The van der Waals surface area contributed by atoms with Crippen LogP contribution in [0.3, 0.4) is 0 Å². The molecule has 0 heterocycles. The van der Waals surface area contributed by atoms with E-state index in [2.05, 4.69) is 0 Å². The van der Waals surface area contributed by atoms with Crippen molar-refractivity contribution in [3.63, 3.8) is 0 Å². The number of halogens is 1. The number of hydrogen-bond acceptors (Lipinski definition) is 0. The van der Waals surface area contributed by atoms with E-state index in [1.807, 2.05) is 0 Å². The molecule has 0 nitrogen and oxygen atoms in total. The minimum atomic E-state index is 0. The standard InChI is InChI=1S/Al.ClH.2Fe.3H/h;1H;;;;;. The summed E-state index contributed by atoms with van der Waals surface area (Å²) in [5.41, 5.74) is 0. The molecule has 0 aliphatic carbocycles. The fourth-order valence-corrected chi connectivity index (χ4v) is 0. The van der Waals surface area contributed by atoms with E-state index < -0.39 is 0 Å². The van der Waals surface area contributed by atoms with E-state index in [0.29, 0.717) is 0 Å². The summed E-state index contributed by atoms with van der Waals surface area (Å²) < 4.78 is 0. The van der Waals surface area contributed by atoms with Crippen LogP contribution in [-0.2, 0) is 34.1 Å². The maximum atomic E-state index is 0. The molecule has 0 atom stereocenters. The van der Waals surface area contributed by atoms with Crippen molar-refractivity contribution in [3.8, 4) is 0 Å². The van der Waals surface area contributed by atoms with Crippen LogP contribution in [0.1, 0.15) is 0 Å². The van der Waals surface area contributed by atoms with E-state index in [1.165, 1.54) is 0 Å². The summed E-state index contributed by atoms with van der Waals surface area (Å²) in [7, 11) is 0. The van der Waals surface area contributed by atoms with Crippen LogP contribution in [0.2, 0.25) is 0 Å². The van der Waals surface area contributed by atoms with Gasteiger partial charge >= 0.3 is 0 Å². The van der Waals surface area contributed by atoms with E-state index in [1.54, 1.807) is 0 Å². The van der Waals surface area contributed by atoms with Crippen molar-refractivity contribution in [3.05, 3.63) is 0 Å². The van der Waals surface area contributed by atoms with Gasteiger partial charge in [-0.25, -0.2) is 0 Å². The zero-order valence-electron chi connectivity index (χ0n) is 1.12. The fourth-order valence-electron chi connectivity index (χ4n) is 0. The summed E-state index contributed by atoms with van der Waals surface area (Å²) in [5, 5.41) is 0. The van der Waals surface area contributed by atoms with E-state index >= 15 is 0 Å². The molecule has 0 rings (SSSR count). The second-order valence-corrected chi connectivity index (χ2v) is 0. The van der Waals surface area contributed by atoms with Crippen LogP contribution in [0.15, 0.2) is 0 Å². The van der Waals surface area contributed by atoms with Crippen LogP contribution in [0.4, 0.5) is 0 Å². The van der Waals surface area contributed by atoms with Gasteiger partial charge in [-0.15, -0.1) is 12.4 Å². The first-order valence-electron chi connectivity index (χ1n) is 0. The monoisotopic (exact) mass is 178 g/mol. The van der Waals surface area contributed by atoms with Gasteiger partial charge in [-0.3, -0.25) is 0 Å². The maximum absolute atomic E-state index is 0. The molecule has 0 aromatic heterocycles. The first-order chi connectivity index (χ1) is 0. The van der Waals surface area contributed by atoms with Crippen molar-refractivity contribution in [2.45, 2.75) is 0 Å². The Bertz CT molecular complexity index is 6.00. The van der Waals surface area contributed by atoms with Gasteiger partial charge in [0.05, 0.1) is 0 Å². The van der Waals surface area contributed by atoms with Gasteiger partial charge in [0.15, 0.2) is 17.4 Å². The Kier molecular flexibility index (Phi) is 209. The molecule has 0 aliphatic heterocycles. The van der Waals surface area contributed by atoms with Crippen molar-refractivity contribution in [2.75, 3.05) is 0 Å². The average molecular weight is 178 g/mol. The Hall–Kier alpha value is 1.86. The summed E-state index contributed by atoms with van der Waals surface area (Å²) in [6.45, 7) is 0. The van der Waals surface area contributed by atoms with Crippen molar-refractivity contribution >= 4 is 29.8 Å². The van der Waals surface area contributed by atoms with Crippen molar-refractivity contribution in [2.24, 2.45) is 0 Å². The Morgan fingerprint density at radius 3 is 0.750 bits per heavy atom. The molecule has 0 aromatic rings. The third-order valence-electron chi connectivity index (χ3n) is 0. The zero-order chi connectivity index (χ0) is 0. The van der Waals surface area contributed by atoms with Gasteiger partial charge in [0.25, 0.3) is 0 Å². The number of hydrogen-bond donors (Lipinski definition) is 0. The van der Waals surface area contributed by atoms with Crippen molar-refractivity contribution in [1.82, 2.24) is 0 Å². The van der Waals surface area contributed by atoms with Crippen molar-refractivity contribution < 1.29 is 34.1 Å². The molecule has 0 aliphatic rings. The van der Waals surface area contributed by atoms with Gasteiger partial charge in [-0.05, 0) is 0 Å². The largest absolute Gasteiger partial charge is 0.187 e. The molecule has 0 amide bonds. The molecule has 30 valence electrons. The third kappa shape index (κ3) is 9.12. The molecule has 0 unspecified atom stereocenters. The first-order valence-corrected chi connectivity index (χ1v) is 0. The van der Waals surface area contributed by atoms with Crippen LogP contribution in [-0.4, -0.2) is 17.4 Å². The molecule has 0 aromatic carbocycles. The fraction of sp³-hybridized carbons (Fsp3) is 0. The summed E-state index contributed by atoms with van der Waals surface area (Å²) >= 11 is 0. The van der Waals surface area contributed by atoms with E-state index in [4.69, 9.17) is 0 Å². The Labute approximate surface area is 63.6 Å². The molecular weight excluding hydrogens is 174 g/mol. The predicted molar refractivity (Wildman–Crippen MR) is 17.2 cm³/mol. The Balaban J connectivity index is 0. The van der Waals surface area contributed by atoms with Crippen LogP contribution in [0, 0.1) is 0 Å². The molecule has 4 heteroatoms. The SMILES string of the molecule is Cl.[AlH3].[Fe].[Fe]. The van der Waals surface area contributed by atoms with Gasteiger partial charge in [0, 0.05) is 34.1 Å². The minimum absolute atomic E-state index is 0. The third-order valence-corrected chi connectivity index (χ3v) is 0. The molecule has 0 saturated carbocycles. The van der Waals surface area contributed by atoms with Crippen molar-refractivity contribution in [1.29, 1.82) is 0 Å². The first kappa shape index (κ1) is 40.0. The molecular formula is H4AlClFe2. The molecule has 4 heavy (non-hydrogen) atoms. The molecule has 0 bridgehead atoms. The smallest absolute Gasteiger partial charge is 0.147 e. The second-order valence-electron chi connectivity index (χ2n) is 0. The quantitative estimate of drug-likeness (QED) is 0.427. The van der Waals surface area contributed by atoms with E-state index in [0.717, 1.165) is 0 Å². The summed E-state index contributed by atoms with van der Waals surface area (Å²) in [6.07, 6.45) is 0. The topological polar surface area (TPSA) is 0 Å². The van der Waals surface area contributed by atoms with Gasteiger partial charge in [0.1, 0.15) is 0 Å². The second kappa shape index (κ2) is 20.9. The van der Waals surface area contributed by atoms with Gasteiger partial charge < -0.3 is 0 Å². The van der Waals surface area contributed by atoms with Crippen LogP contribution in [0.25, 0.3) is 0 Å².